The van der Waals surface area contributed by atoms with E-state index in [0.717, 1.165) is 9.13 Å². The first-order valence-corrected chi connectivity index (χ1v) is 3.96. The van der Waals surface area contributed by atoms with E-state index in [1.54, 1.807) is 0 Å². The number of rotatable bonds is 0. The molecular formula is C7H7N3O5. The molecule has 8 nitrogen and oxygen atoms in total. The Morgan fingerprint density at radius 3 is 2.33 bits per heavy atom. The molecule has 0 atom stereocenters. The average Bonchev–Trinajstić information content (AvgIpc) is 2.50. The van der Waals surface area contributed by atoms with Crippen LogP contribution < -0.4 is 17.0 Å². The number of oxazole rings is 1. The molecule has 2 aromatic heterocycles. The van der Waals surface area contributed by atoms with Crippen LogP contribution in [0.3, 0.4) is 0 Å². The normalized spacial score (nSPS) is 11.1. The van der Waals surface area contributed by atoms with Crippen LogP contribution in [0.1, 0.15) is 0 Å². The van der Waals surface area contributed by atoms with Crippen molar-refractivity contribution in [2.24, 2.45) is 14.1 Å². The van der Waals surface area contributed by atoms with Crippen molar-refractivity contribution in [1.29, 1.82) is 0 Å². The highest BCUT2D eigenvalue weighted by atomic mass is 16.5. The molecule has 0 aliphatic carbocycles. The van der Waals surface area contributed by atoms with Crippen molar-refractivity contribution in [2.45, 2.75) is 0 Å². The van der Waals surface area contributed by atoms with E-state index in [0.29, 0.717) is 0 Å². The highest BCUT2D eigenvalue weighted by Gasteiger charge is 2.17. The van der Waals surface area contributed by atoms with E-state index in [-0.39, 0.29) is 16.0 Å². The number of aromatic nitrogens is 3. The molecule has 0 aliphatic rings. The van der Waals surface area contributed by atoms with Gasteiger partial charge >= 0.3 is 11.4 Å². The highest BCUT2D eigenvalue weighted by Crippen LogP contribution is 2.01. The molecule has 0 amide bonds. The second-order valence-corrected chi connectivity index (χ2v) is 3.04. The van der Waals surface area contributed by atoms with Gasteiger partial charge in [0.05, 0.1) is 0 Å². The molecule has 0 unspecified atom stereocenters. The van der Waals surface area contributed by atoms with E-state index in [1.807, 2.05) is 0 Å². The molecule has 2 heterocycles. The van der Waals surface area contributed by atoms with Crippen molar-refractivity contribution >= 4 is 11.2 Å². The van der Waals surface area contributed by atoms with E-state index in [2.05, 4.69) is 4.42 Å². The summed E-state index contributed by atoms with van der Waals surface area (Å²) in [6.45, 7) is 0. The lowest BCUT2D eigenvalue weighted by Gasteiger charge is -2.00. The minimum Gasteiger partial charge on any atom is -0.422 e. The molecule has 0 fully saturated rings. The van der Waals surface area contributed by atoms with Crippen molar-refractivity contribution in [1.82, 2.24) is 13.9 Å². The second kappa shape index (κ2) is 2.62. The van der Waals surface area contributed by atoms with Crippen molar-refractivity contribution in [3.05, 3.63) is 31.4 Å². The minimum atomic E-state index is -1.11. The van der Waals surface area contributed by atoms with Gasteiger partial charge in [0.1, 0.15) is 0 Å². The Kier molecular flexibility index (Phi) is 1.63. The number of hydrogen-bond donors (Lipinski definition) is 1. The maximum atomic E-state index is 11.5. The summed E-state index contributed by atoms with van der Waals surface area (Å²) in [4.78, 5) is 33.9. The van der Waals surface area contributed by atoms with Crippen molar-refractivity contribution in [3.63, 3.8) is 0 Å². The van der Waals surface area contributed by atoms with Gasteiger partial charge in [-0.3, -0.25) is 13.9 Å². The van der Waals surface area contributed by atoms with Crippen LogP contribution in [0.5, 0.6) is 0 Å². The van der Waals surface area contributed by atoms with Gasteiger partial charge in [0.2, 0.25) is 11.2 Å². The Morgan fingerprint density at radius 1 is 1.13 bits per heavy atom. The molecule has 15 heavy (non-hydrogen) atoms. The second-order valence-electron chi connectivity index (χ2n) is 3.04. The summed E-state index contributed by atoms with van der Waals surface area (Å²) in [5.41, 5.74) is -2.04. The van der Waals surface area contributed by atoms with Gasteiger partial charge in [0.25, 0.3) is 5.56 Å². The predicted octanol–water partition coefficient (Wildman–Crippen LogP) is -1.77. The lowest BCUT2D eigenvalue weighted by atomic mass is 10.5. The molecule has 0 saturated heterocycles. The smallest absolute Gasteiger partial charge is 0.422 e. The largest absolute Gasteiger partial charge is 0.454 e. The molecular weight excluding hydrogens is 206 g/mol. The van der Waals surface area contributed by atoms with Gasteiger partial charge in [-0.2, -0.15) is 0 Å². The van der Waals surface area contributed by atoms with Crippen LogP contribution in [0, 0.1) is 0 Å². The first kappa shape index (κ1) is 9.31. The van der Waals surface area contributed by atoms with Gasteiger partial charge in [-0.1, -0.05) is 0 Å². The van der Waals surface area contributed by atoms with Gasteiger partial charge in [-0.05, 0) is 0 Å². The van der Waals surface area contributed by atoms with Gasteiger partial charge in [0, 0.05) is 14.1 Å². The van der Waals surface area contributed by atoms with E-state index in [1.165, 1.54) is 14.1 Å². The fraction of sp³-hybridized carbons (Fsp3) is 0.286. The summed E-state index contributed by atoms with van der Waals surface area (Å²) in [7, 11) is 2.56. The zero-order valence-electron chi connectivity index (χ0n) is 7.92. The maximum absolute atomic E-state index is 11.5. The Morgan fingerprint density at radius 2 is 1.73 bits per heavy atom. The van der Waals surface area contributed by atoms with Gasteiger partial charge in [-0.15, -0.1) is 4.73 Å². The van der Waals surface area contributed by atoms with E-state index >= 15 is 0 Å². The van der Waals surface area contributed by atoms with Gasteiger partial charge < -0.3 is 9.62 Å². The SMILES string of the molecule is Cn1c(=O)c2c(oc(=O)n2O)n(C)c1=O. The first-order valence-electron chi connectivity index (χ1n) is 3.96. The monoisotopic (exact) mass is 213 g/mol. The van der Waals surface area contributed by atoms with Gasteiger partial charge in [0.15, 0.2) is 0 Å². The van der Waals surface area contributed by atoms with Crippen LogP contribution in [-0.2, 0) is 14.1 Å². The van der Waals surface area contributed by atoms with Crippen LogP contribution in [0.15, 0.2) is 18.8 Å². The predicted molar refractivity (Wildman–Crippen MR) is 48.1 cm³/mol. The Balaban J connectivity index is 3.30. The van der Waals surface area contributed by atoms with E-state index < -0.39 is 17.0 Å². The number of aryl methyl sites for hydroxylation is 1. The zero-order chi connectivity index (χ0) is 11.3. The molecule has 0 saturated carbocycles. The molecule has 2 aromatic rings. The summed E-state index contributed by atoms with van der Waals surface area (Å²) in [5, 5.41) is 9.20. The third-order valence-electron chi connectivity index (χ3n) is 2.16. The van der Waals surface area contributed by atoms with E-state index in [4.69, 9.17) is 0 Å². The van der Waals surface area contributed by atoms with Crippen LogP contribution in [0.25, 0.3) is 11.2 Å². The summed E-state index contributed by atoms with van der Waals surface area (Å²) in [6, 6.07) is 0. The third kappa shape index (κ3) is 0.981. The number of hydrogen-bond acceptors (Lipinski definition) is 5. The zero-order valence-corrected chi connectivity index (χ0v) is 7.92. The first-order chi connectivity index (χ1) is 6.95. The fourth-order valence-electron chi connectivity index (χ4n) is 1.32. The summed E-state index contributed by atoms with van der Waals surface area (Å²) in [6.07, 6.45) is 0. The molecule has 0 spiro atoms. The minimum absolute atomic E-state index is 0.0805. The van der Waals surface area contributed by atoms with Crippen LogP contribution in [-0.4, -0.2) is 19.1 Å². The molecule has 0 aromatic carbocycles. The standard InChI is InChI=1S/C7H7N3O5/c1-8-4(11)3-5(9(2)6(8)12)15-7(13)10(3)14/h14H,1-2H3. The van der Waals surface area contributed by atoms with Crippen LogP contribution in [0.4, 0.5) is 0 Å². The number of nitrogens with zero attached hydrogens (tertiary/aromatic N) is 3. The quantitative estimate of drug-likeness (QED) is 0.522. The van der Waals surface area contributed by atoms with Crippen LogP contribution >= 0.6 is 0 Å². The van der Waals surface area contributed by atoms with Crippen molar-refractivity contribution in [2.75, 3.05) is 0 Å². The summed E-state index contributed by atoms with van der Waals surface area (Å²) < 4.78 is 6.36. The van der Waals surface area contributed by atoms with E-state index in [9.17, 15) is 19.6 Å². The topological polar surface area (TPSA) is 99.4 Å². The molecule has 1 N–H and O–H groups in total. The maximum Gasteiger partial charge on any atom is 0.454 e. The highest BCUT2D eigenvalue weighted by molar-refractivity contribution is 5.66. The molecule has 2 rings (SSSR count). The summed E-state index contributed by atoms with van der Waals surface area (Å²) in [5.74, 6) is -1.11. The van der Waals surface area contributed by atoms with Crippen molar-refractivity contribution in [3.8, 4) is 0 Å². The average molecular weight is 213 g/mol. The van der Waals surface area contributed by atoms with Crippen molar-refractivity contribution < 1.29 is 9.62 Å². The summed E-state index contributed by atoms with van der Waals surface area (Å²) >= 11 is 0. The molecule has 0 aliphatic heterocycles. The Labute approximate surface area is 81.2 Å². The Bertz CT molecular complexity index is 713. The fourth-order valence-corrected chi connectivity index (χ4v) is 1.32. The lowest BCUT2D eigenvalue weighted by molar-refractivity contribution is 0.171. The van der Waals surface area contributed by atoms with Gasteiger partial charge in [-0.25, -0.2) is 9.59 Å². The lowest BCUT2D eigenvalue weighted by Crippen LogP contribution is -2.37. The third-order valence-corrected chi connectivity index (χ3v) is 2.16. The molecule has 0 radical (unpaired) electrons. The van der Waals surface area contributed by atoms with Crippen LogP contribution in [0.2, 0.25) is 0 Å². The Hall–Kier alpha value is -2.25. The number of fused-ring (bicyclic) bond motifs is 1. The molecule has 8 heteroatoms. The molecule has 0 bridgehead atoms. The molecule has 80 valence electrons.